The molecule has 0 bridgehead atoms. The average Bonchev–Trinajstić information content (AvgIpc) is 3.40. The van der Waals surface area contributed by atoms with Crippen molar-refractivity contribution in [3.05, 3.63) is 68.0 Å². The molecule has 11 heteroatoms. The first kappa shape index (κ1) is 24.8. The van der Waals surface area contributed by atoms with Crippen molar-refractivity contribution in [3.8, 4) is 16.8 Å². The Labute approximate surface area is 234 Å². The summed E-state index contributed by atoms with van der Waals surface area (Å²) in [5.41, 5.74) is 2.76. The van der Waals surface area contributed by atoms with Gasteiger partial charge >= 0.3 is 0 Å². The Morgan fingerprint density at radius 2 is 1.56 bits per heavy atom. The highest BCUT2D eigenvalue weighted by molar-refractivity contribution is 9.10. The van der Waals surface area contributed by atoms with E-state index in [1.165, 1.54) is 0 Å². The molecular weight excluding hydrogens is 625 g/mol. The lowest BCUT2D eigenvalue weighted by Gasteiger charge is -2.21. The molecule has 176 valence electrons. The molecular formula is C23H15BrCl6N4. The molecule has 34 heavy (non-hydrogen) atoms. The zero-order valence-corrected chi connectivity index (χ0v) is 23.4. The number of halogens is 7. The molecule has 4 aromatic rings. The highest BCUT2D eigenvalue weighted by Gasteiger charge is 2.33. The quantitative estimate of drug-likeness (QED) is 0.210. The number of rotatable bonds is 3. The Balaban J connectivity index is 1.94. The van der Waals surface area contributed by atoms with Gasteiger partial charge in [-0.15, -0.1) is 0 Å². The summed E-state index contributed by atoms with van der Waals surface area (Å²) in [4.78, 5) is 11.6. The molecule has 2 aromatic heterocycles. The van der Waals surface area contributed by atoms with E-state index in [0.29, 0.717) is 32.4 Å². The van der Waals surface area contributed by atoms with Crippen LogP contribution < -0.4 is 4.90 Å². The SMILES string of the molecule is Clc1ccc(-n2c(Cl)c(-c3ccc(Br)cc3)c3c(N4CCCC4)nc(C(Cl)(Cl)Cl)nc32)c(Cl)c1. The molecule has 0 aliphatic carbocycles. The summed E-state index contributed by atoms with van der Waals surface area (Å²) in [7, 11) is 0. The van der Waals surface area contributed by atoms with Crippen LogP contribution in [0.3, 0.4) is 0 Å². The van der Waals surface area contributed by atoms with E-state index in [4.69, 9.17) is 74.6 Å². The zero-order valence-electron chi connectivity index (χ0n) is 17.3. The van der Waals surface area contributed by atoms with Crippen LogP contribution in [0, 0.1) is 0 Å². The first-order valence-corrected chi connectivity index (χ1v) is 13.4. The Kier molecular flexibility index (Phi) is 6.93. The molecule has 3 heterocycles. The number of alkyl halides is 3. The summed E-state index contributed by atoms with van der Waals surface area (Å²) in [6, 6.07) is 13.0. The average molecular weight is 640 g/mol. The van der Waals surface area contributed by atoms with Crippen molar-refractivity contribution in [2.45, 2.75) is 16.6 Å². The Hall–Kier alpha value is -0.920. The van der Waals surface area contributed by atoms with Crippen LogP contribution in [0.1, 0.15) is 18.7 Å². The maximum absolute atomic E-state index is 7.09. The minimum Gasteiger partial charge on any atom is -0.356 e. The molecule has 0 amide bonds. The molecule has 0 radical (unpaired) electrons. The van der Waals surface area contributed by atoms with Crippen molar-refractivity contribution in [3.63, 3.8) is 0 Å². The fraction of sp³-hybridized carbons (Fsp3) is 0.217. The monoisotopic (exact) mass is 636 g/mol. The smallest absolute Gasteiger partial charge is 0.250 e. The second-order valence-electron chi connectivity index (χ2n) is 7.87. The van der Waals surface area contributed by atoms with Crippen molar-refractivity contribution < 1.29 is 0 Å². The largest absolute Gasteiger partial charge is 0.356 e. The number of fused-ring (bicyclic) bond motifs is 1. The van der Waals surface area contributed by atoms with Crippen LogP contribution in [0.15, 0.2) is 46.9 Å². The third kappa shape index (κ3) is 4.50. The van der Waals surface area contributed by atoms with Gasteiger partial charge in [-0.1, -0.05) is 97.7 Å². The van der Waals surface area contributed by atoms with Crippen LogP contribution in [0.5, 0.6) is 0 Å². The van der Waals surface area contributed by atoms with E-state index in [0.717, 1.165) is 46.9 Å². The molecule has 0 N–H and O–H groups in total. The molecule has 1 fully saturated rings. The van der Waals surface area contributed by atoms with Crippen LogP contribution in [0.2, 0.25) is 15.2 Å². The van der Waals surface area contributed by atoms with Crippen LogP contribution >= 0.6 is 85.5 Å². The molecule has 2 aromatic carbocycles. The van der Waals surface area contributed by atoms with Gasteiger partial charge in [-0.05, 0) is 48.7 Å². The lowest BCUT2D eigenvalue weighted by atomic mass is 10.1. The standard InChI is InChI=1S/C23H15BrCl6N4/c24-13-5-3-12(4-6-13)17-18-20(33-9-1-2-10-33)31-22(23(28,29)30)32-21(18)34(19(17)27)16-8-7-14(25)11-15(16)26/h3-8,11H,1-2,9-10H2. The van der Waals surface area contributed by atoms with Crippen LogP contribution in [-0.2, 0) is 3.79 Å². The Morgan fingerprint density at radius 3 is 2.18 bits per heavy atom. The number of aromatic nitrogens is 3. The molecule has 0 unspecified atom stereocenters. The first-order valence-electron chi connectivity index (χ1n) is 10.3. The van der Waals surface area contributed by atoms with Crippen molar-refractivity contribution in [1.29, 1.82) is 0 Å². The second-order valence-corrected chi connectivity index (χ2v) is 12.3. The van der Waals surface area contributed by atoms with Gasteiger partial charge in [-0.2, -0.15) is 0 Å². The molecule has 5 rings (SSSR count). The summed E-state index contributed by atoms with van der Waals surface area (Å²) >= 11 is 42.2. The fourth-order valence-corrected chi connectivity index (χ4v) is 5.56. The van der Waals surface area contributed by atoms with Gasteiger partial charge in [-0.3, -0.25) is 4.57 Å². The van der Waals surface area contributed by atoms with Crippen molar-refractivity contribution in [1.82, 2.24) is 14.5 Å². The van der Waals surface area contributed by atoms with Gasteiger partial charge in [0.25, 0.3) is 0 Å². The molecule has 1 aliphatic rings. The number of anilines is 1. The fourth-order valence-electron chi connectivity index (χ4n) is 4.18. The van der Waals surface area contributed by atoms with E-state index >= 15 is 0 Å². The van der Waals surface area contributed by atoms with Gasteiger partial charge < -0.3 is 4.90 Å². The normalized spacial score (nSPS) is 14.4. The van der Waals surface area contributed by atoms with E-state index < -0.39 is 3.79 Å². The summed E-state index contributed by atoms with van der Waals surface area (Å²) in [5.74, 6) is 0.738. The second kappa shape index (κ2) is 9.51. The van der Waals surface area contributed by atoms with Crippen LogP contribution in [0.4, 0.5) is 5.82 Å². The van der Waals surface area contributed by atoms with Crippen LogP contribution in [0.25, 0.3) is 27.8 Å². The molecule has 0 spiro atoms. The summed E-state index contributed by atoms with van der Waals surface area (Å²) < 4.78 is 0.881. The Bertz CT molecular complexity index is 1390. The van der Waals surface area contributed by atoms with Crippen molar-refractivity contribution in [2.24, 2.45) is 0 Å². The summed E-state index contributed by atoms with van der Waals surface area (Å²) in [6.07, 6.45) is 2.08. The number of nitrogens with zero attached hydrogens (tertiary/aromatic N) is 4. The maximum atomic E-state index is 7.09. The lowest BCUT2D eigenvalue weighted by Crippen LogP contribution is -2.22. The predicted octanol–water partition coefficient (Wildman–Crippen LogP) is 9.24. The lowest BCUT2D eigenvalue weighted by molar-refractivity contribution is 0.899. The number of hydrogen-bond acceptors (Lipinski definition) is 3. The molecule has 1 saturated heterocycles. The topological polar surface area (TPSA) is 34.0 Å². The summed E-state index contributed by atoms with van der Waals surface area (Å²) in [6.45, 7) is 1.66. The van der Waals surface area contributed by atoms with Gasteiger partial charge in [0.15, 0.2) is 11.5 Å². The highest BCUT2D eigenvalue weighted by atomic mass is 79.9. The van der Waals surface area contributed by atoms with Gasteiger partial charge in [0.05, 0.1) is 16.1 Å². The molecule has 4 nitrogen and oxygen atoms in total. The zero-order chi connectivity index (χ0) is 24.2. The third-order valence-corrected chi connectivity index (χ3v) is 7.61. The van der Waals surface area contributed by atoms with E-state index in [1.54, 1.807) is 22.8 Å². The number of benzene rings is 2. The van der Waals surface area contributed by atoms with E-state index in [9.17, 15) is 0 Å². The minimum atomic E-state index is -1.83. The van der Waals surface area contributed by atoms with E-state index in [2.05, 4.69) is 25.8 Å². The molecule has 0 atom stereocenters. The predicted molar refractivity (Wildman–Crippen MR) is 148 cm³/mol. The van der Waals surface area contributed by atoms with Crippen LogP contribution in [-0.4, -0.2) is 27.6 Å². The highest BCUT2D eigenvalue weighted by Crippen LogP contribution is 2.47. The van der Waals surface area contributed by atoms with Gasteiger partial charge in [0.1, 0.15) is 11.0 Å². The Morgan fingerprint density at radius 1 is 0.882 bits per heavy atom. The van der Waals surface area contributed by atoms with Crippen molar-refractivity contribution >= 4 is 102 Å². The van der Waals surface area contributed by atoms with Crippen molar-refractivity contribution in [2.75, 3.05) is 18.0 Å². The van der Waals surface area contributed by atoms with E-state index in [1.807, 2.05) is 24.3 Å². The molecule has 0 saturated carbocycles. The molecule has 1 aliphatic heterocycles. The number of hydrogen-bond donors (Lipinski definition) is 0. The maximum Gasteiger partial charge on any atom is 0.250 e. The van der Waals surface area contributed by atoms with Gasteiger partial charge in [0, 0.05) is 28.1 Å². The van der Waals surface area contributed by atoms with Gasteiger partial charge in [-0.25, -0.2) is 9.97 Å². The van der Waals surface area contributed by atoms with Gasteiger partial charge in [0.2, 0.25) is 3.79 Å². The summed E-state index contributed by atoms with van der Waals surface area (Å²) in [5, 5.41) is 2.09. The third-order valence-electron chi connectivity index (χ3n) is 5.68. The van der Waals surface area contributed by atoms with E-state index in [-0.39, 0.29) is 5.82 Å². The first-order chi connectivity index (χ1) is 16.1. The minimum absolute atomic E-state index is 0.0646.